The number of ether oxygens (including phenoxy) is 1. The van der Waals surface area contributed by atoms with Gasteiger partial charge in [-0.15, -0.1) is 24.8 Å². The van der Waals surface area contributed by atoms with E-state index in [-0.39, 0.29) is 30.6 Å². The molecule has 2 rings (SSSR count). The largest absolute Gasteiger partial charge is 0.492 e. The smallest absolute Gasteiger partial charge is 0.123 e. The molecule has 0 atom stereocenters. The van der Waals surface area contributed by atoms with Crippen LogP contribution >= 0.6 is 24.8 Å². The van der Waals surface area contributed by atoms with Crippen molar-refractivity contribution in [3.8, 4) is 5.75 Å². The lowest BCUT2D eigenvalue weighted by Crippen LogP contribution is -2.22. The Morgan fingerprint density at radius 2 is 1.90 bits per heavy atom. The summed E-state index contributed by atoms with van der Waals surface area (Å²) in [5, 5.41) is 3.30. The van der Waals surface area contributed by atoms with Crippen LogP contribution in [0.2, 0.25) is 0 Å². The van der Waals surface area contributed by atoms with E-state index in [9.17, 15) is 4.39 Å². The van der Waals surface area contributed by atoms with Gasteiger partial charge in [0.15, 0.2) is 0 Å². The highest BCUT2D eigenvalue weighted by molar-refractivity contribution is 5.85. The molecule has 1 aromatic heterocycles. The van der Waals surface area contributed by atoms with Gasteiger partial charge in [0.25, 0.3) is 0 Å². The van der Waals surface area contributed by atoms with Crippen LogP contribution in [0.25, 0.3) is 0 Å². The zero-order valence-corrected chi connectivity index (χ0v) is 13.2. The van der Waals surface area contributed by atoms with Crippen molar-refractivity contribution in [2.24, 2.45) is 0 Å². The van der Waals surface area contributed by atoms with E-state index < -0.39 is 0 Å². The molecule has 0 aliphatic heterocycles. The number of nitrogens with one attached hydrogen (secondary N) is 1. The molecule has 118 valence electrons. The standard InChI is InChI=1S/C14H18FN3O.2ClH/c15-13-2-4-14(5-3-13)19-11-8-16-6-1-9-18-10-7-17-12-18;;/h2-5,7,10,12,16H,1,6,8-9,11H2;2*1H. The van der Waals surface area contributed by atoms with E-state index in [1.165, 1.54) is 12.1 Å². The zero-order valence-electron chi connectivity index (χ0n) is 11.6. The molecule has 1 N–H and O–H groups in total. The summed E-state index contributed by atoms with van der Waals surface area (Å²) in [7, 11) is 0. The lowest BCUT2D eigenvalue weighted by atomic mass is 10.3. The molecule has 21 heavy (non-hydrogen) atoms. The van der Waals surface area contributed by atoms with Gasteiger partial charge < -0.3 is 14.6 Å². The molecular formula is C14H20Cl2FN3O. The first-order valence-electron chi connectivity index (χ1n) is 6.39. The van der Waals surface area contributed by atoms with Crippen LogP contribution in [-0.2, 0) is 6.54 Å². The summed E-state index contributed by atoms with van der Waals surface area (Å²) in [6.07, 6.45) is 6.60. The highest BCUT2D eigenvalue weighted by atomic mass is 35.5. The van der Waals surface area contributed by atoms with Crippen LogP contribution in [0.3, 0.4) is 0 Å². The SMILES string of the molecule is Cl.Cl.Fc1ccc(OCCNCCCn2ccnc2)cc1. The summed E-state index contributed by atoms with van der Waals surface area (Å²) in [5.74, 6) is 0.451. The number of halogens is 3. The Morgan fingerprint density at radius 3 is 2.57 bits per heavy atom. The molecular weight excluding hydrogens is 316 g/mol. The average molecular weight is 336 g/mol. The molecule has 4 nitrogen and oxygen atoms in total. The van der Waals surface area contributed by atoms with Crippen LogP contribution in [0.5, 0.6) is 5.75 Å². The second-order valence-corrected chi connectivity index (χ2v) is 4.21. The summed E-state index contributed by atoms with van der Waals surface area (Å²) in [4.78, 5) is 3.99. The number of aryl methyl sites for hydroxylation is 1. The van der Waals surface area contributed by atoms with Gasteiger partial charge in [0, 0.05) is 25.5 Å². The Labute approximate surface area is 136 Å². The van der Waals surface area contributed by atoms with Crippen molar-refractivity contribution in [2.75, 3.05) is 19.7 Å². The summed E-state index contributed by atoms with van der Waals surface area (Å²) in [5.41, 5.74) is 0. The molecule has 0 aliphatic rings. The third-order valence-electron chi connectivity index (χ3n) is 2.69. The number of hydrogen-bond acceptors (Lipinski definition) is 3. The number of rotatable bonds is 8. The topological polar surface area (TPSA) is 39.1 Å². The fourth-order valence-corrected chi connectivity index (χ4v) is 1.70. The average Bonchev–Trinajstić information content (AvgIpc) is 2.93. The fourth-order valence-electron chi connectivity index (χ4n) is 1.70. The van der Waals surface area contributed by atoms with E-state index in [0.29, 0.717) is 12.4 Å². The summed E-state index contributed by atoms with van der Waals surface area (Å²) >= 11 is 0. The summed E-state index contributed by atoms with van der Waals surface area (Å²) in [6, 6.07) is 6.06. The molecule has 0 saturated heterocycles. The van der Waals surface area contributed by atoms with Crippen LogP contribution in [0, 0.1) is 5.82 Å². The second kappa shape index (κ2) is 11.4. The minimum Gasteiger partial charge on any atom is -0.492 e. The van der Waals surface area contributed by atoms with Gasteiger partial charge in [-0.05, 0) is 37.2 Å². The Morgan fingerprint density at radius 1 is 1.14 bits per heavy atom. The van der Waals surface area contributed by atoms with Gasteiger partial charge in [-0.3, -0.25) is 0 Å². The summed E-state index contributed by atoms with van der Waals surface area (Å²) in [6.45, 7) is 3.26. The Bertz CT molecular complexity index is 466. The maximum atomic E-state index is 12.7. The van der Waals surface area contributed by atoms with Gasteiger partial charge in [-0.1, -0.05) is 0 Å². The second-order valence-electron chi connectivity index (χ2n) is 4.21. The molecule has 0 saturated carbocycles. The first-order valence-corrected chi connectivity index (χ1v) is 6.39. The molecule has 0 unspecified atom stereocenters. The minimum absolute atomic E-state index is 0. The lowest BCUT2D eigenvalue weighted by Gasteiger charge is -2.07. The van der Waals surface area contributed by atoms with Crippen LogP contribution in [0.1, 0.15) is 6.42 Å². The van der Waals surface area contributed by atoms with Crippen molar-refractivity contribution < 1.29 is 9.13 Å². The van der Waals surface area contributed by atoms with E-state index in [1.807, 2.05) is 12.5 Å². The monoisotopic (exact) mass is 335 g/mol. The maximum absolute atomic E-state index is 12.7. The zero-order chi connectivity index (χ0) is 13.3. The van der Waals surface area contributed by atoms with Gasteiger partial charge >= 0.3 is 0 Å². The fraction of sp³-hybridized carbons (Fsp3) is 0.357. The van der Waals surface area contributed by atoms with Crippen LogP contribution in [-0.4, -0.2) is 29.2 Å². The highest BCUT2D eigenvalue weighted by Gasteiger charge is 1.95. The van der Waals surface area contributed by atoms with Gasteiger partial charge in [0.2, 0.25) is 0 Å². The van der Waals surface area contributed by atoms with Crippen LogP contribution in [0.15, 0.2) is 43.0 Å². The molecule has 2 aromatic rings. The lowest BCUT2D eigenvalue weighted by molar-refractivity contribution is 0.313. The van der Waals surface area contributed by atoms with E-state index in [4.69, 9.17) is 4.74 Å². The first-order chi connectivity index (χ1) is 9.34. The molecule has 0 radical (unpaired) electrons. The van der Waals surface area contributed by atoms with Crippen LogP contribution in [0.4, 0.5) is 4.39 Å². The molecule has 1 heterocycles. The first kappa shape index (κ1) is 19.7. The van der Waals surface area contributed by atoms with Crippen molar-refractivity contribution in [2.45, 2.75) is 13.0 Å². The Kier molecular flexibility index (Phi) is 10.7. The molecule has 0 fully saturated rings. The van der Waals surface area contributed by atoms with E-state index in [2.05, 4.69) is 14.9 Å². The van der Waals surface area contributed by atoms with Gasteiger partial charge in [0.1, 0.15) is 18.2 Å². The predicted octanol–water partition coefficient (Wildman–Crippen LogP) is 2.92. The molecule has 0 aliphatic carbocycles. The summed E-state index contributed by atoms with van der Waals surface area (Å²) < 4.78 is 20.2. The third kappa shape index (κ3) is 7.90. The van der Waals surface area contributed by atoms with Crippen molar-refractivity contribution in [1.29, 1.82) is 0 Å². The van der Waals surface area contributed by atoms with E-state index >= 15 is 0 Å². The third-order valence-corrected chi connectivity index (χ3v) is 2.69. The van der Waals surface area contributed by atoms with Gasteiger partial charge in [0.05, 0.1) is 6.33 Å². The quantitative estimate of drug-likeness (QED) is 0.754. The van der Waals surface area contributed by atoms with Crippen molar-refractivity contribution in [3.05, 3.63) is 48.8 Å². The molecule has 0 bridgehead atoms. The maximum Gasteiger partial charge on any atom is 0.123 e. The van der Waals surface area contributed by atoms with Crippen LogP contribution < -0.4 is 10.1 Å². The van der Waals surface area contributed by atoms with Crippen molar-refractivity contribution in [1.82, 2.24) is 14.9 Å². The Balaban J connectivity index is 0.00000200. The number of nitrogens with zero attached hydrogens (tertiary/aromatic N) is 2. The van der Waals surface area contributed by atoms with Crippen molar-refractivity contribution in [3.63, 3.8) is 0 Å². The van der Waals surface area contributed by atoms with E-state index in [1.54, 1.807) is 18.3 Å². The molecule has 0 spiro atoms. The van der Waals surface area contributed by atoms with Gasteiger partial charge in [-0.2, -0.15) is 0 Å². The normalized spacial score (nSPS) is 9.57. The Hall–Kier alpha value is -1.30. The number of hydrogen-bond donors (Lipinski definition) is 1. The minimum atomic E-state index is -0.245. The number of aromatic nitrogens is 2. The number of benzene rings is 1. The van der Waals surface area contributed by atoms with Crippen molar-refractivity contribution >= 4 is 24.8 Å². The molecule has 0 amide bonds. The molecule has 1 aromatic carbocycles. The van der Waals surface area contributed by atoms with Gasteiger partial charge in [-0.25, -0.2) is 9.37 Å². The number of imidazole rings is 1. The predicted molar refractivity (Wildman–Crippen MR) is 86.1 cm³/mol. The van der Waals surface area contributed by atoms with E-state index in [0.717, 1.165) is 26.1 Å². The highest BCUT2D eigenvalue weighted by Crippen LogP contribution is 2.10. The molecule has 7 heteroatoms.